The van der Waals surface area contributed by atoms with Crippen LogP contribution in [0, 0.1) is 0 Å². The van der Waals surface area contributed by atoms with Gasteiger partial charge < -0.3 is 31.1 Å². The van der Waals surface area contributed by atoms with E-state index in [1.807, 2.05) is 0 Å². The molecule has 1 saturated heterocycles. The molecular weight excluding hydrogens is 266 g/mol. The number of nitrogens with one attached hydrogen (secondary N) is 1. The zero-order valence-electron chi connectivity index (χ0n) is 10.8. The zero-order chi connectivity index (χ0) is 14.9. The highest BCUT2D eigenvalue weighted by molar-refractivity contribution is 5.78. The quantitative estimate of drug-likeness (QED) is 0.387. The fourth-order valence-electron chi connectivity index (χ4n) is 2.25. The minimum atomic E-state index is -1.31. The molecule has 0 radical (unpaired) electrons. The average molecular weight is 285 g/mol. The number of rotatable bonds is 4. The normalized spacial score (nSPS) is 40.8. The summed E-state index contributed by atoms with van der Waals surface area (Å²) in [6, 6.07) is -0.563. The molecule has 0 bridgehead atoms. The number of ether oxygens (including phenoxy) is 1. The second-order valence-electron chi connectivity index (χ2n) is 4.92. The summed E-state index contributed by atoms with van der Waals surface area (Å²) < 4.78 is 5.28. The molecule has 2 aliphatic heterocycles. The van der Waals surface area contributed by atoms with E-state index in [9.17, 15) is 15.0 Å². The van der Waals surface area contributed by atoms with Crippen molar-refractivity contribution in [3.05, 3.63) is 24.9 Å². The monoisotopic (exact) mass is 285 g/mol. The van der Waals surface area contributed by atoms with E-state index in [4.69, 9.17) is 15.6 Å². The molecule has 20 heavy (non-hydrogen) atoms. The lowest BCUT2D eigenvalue weighted by molar-refractivity contribution is -0.0669. The van der Waals surface area contributed by atoms with Crippen LogP contribution in [-0.4, -0.2) is 63.1 Å². The fourth-order valence-corrected chi connectivity index (χ4v) is 2.25. The largest absolute Gasteiger partial charge is 0.394 e. The Morgan fingerprint density at radius 1 is 1.55 bits per heavy atom. The van der Waals surface area contributed by atoms with Gasteiger partial charge in [-0.3, -0.25) is 4.90 Å². The molecule has 1 fully saturated rings. The molecule has 8 heteroatoms. The number of urea groups is 1. The molecule has 8 nitrogen and oxygen atoms in total. The molecule has 5 atom stereocenters. The maximum Gasteiger partial charge on any atom is 0.325 e. The molecule has 2 heterocycles. The Hall–Kier alpha value is -1.45. The number of amides is 2. The van der Waals surface area contributed by atoms with Crippen molar-refractivity contribution in [2.24, 2.45) is 5.73 Å². The highest BCUT2D eigenvalue weighted by atomic mass is 16.6. The second kappa shape index (κ2) is 5.51. The van der Waals surface area contributed by atoms with Gasteiger partial charge in [0, 0.05) is 12.6 Å². The first-order valence-corrected chi connectivity index (χ1v) is 6.24. The second-order valence-corrected chi connectivity index (χ2v) is 4.92. The molecule has 6 N–H and O–H groups in total. The molecular formula is C12H19N3O5. The molecule has 0 aromatic heterocycles. The summed E-state index contributed by atoms with van der Waals surface area (Å²) in [5, 5.41) is 31.1. The summed E-state index contributed by atoms with van der Waals surface area (Å²) in [5.41, 5.74) is 4.89. The van der Waals surface area contributed by atoms with E-state index < -0.39 is 42.8 Å². The minimum absolute atomic E-state index is 0.346. The van der Waals surface area contributed by atoms with Gasteiger partial charge >= 0.3 is 6.03 Å². The molecule has 0 aromatic carbocycles. The topological polar surface area (TPSA) is 128 Å². The van der Waals surface area contributed by atoms with Gasteiger partial charge in [0.1, 0.15) is 24.0 Å². The van der Waals surface area contributed by atoms with Crippen LogP contribution in [0.25, 0.3) is 0 Å². The molecule has 1 unspecified atom stereocenters. The maximum absolute atomic E-state index is 12.0. The Morgan fingerprint density at radius 3 is 2.75 bits per heavy atom. The van der Waals surface area contributed by atoms with Crippen molar-refractivity contribution in [3.8, 4) is 0 Å². The van der Waals surface area contributed by atoms with E-state index in [0.717, 1.165) is 4.90 Å². The average Bonchev–Trinajstić information content (AvgIpc) is 2.66. The van der Waals surface area contributed by atoms with Gasteiger partial charge in [-0.1, -0.05) is 6.08 Å². The van der Waals surface area contributed by atoms with Crippen molar-refractivity contribution < 1.29 is 24.9 Å². The van der Waals surface area contributed by atoms with Crippen molar-refractivity contribution in [1.82, 2.24) is 10.2 Å². The smallest absolute Gasteiger partial charge is 0.325 e. The van der Waals surface area contributed by atoms with Gasteiger partial charge in [-0.25, -0.2) is 4.79 Å². The van der Waals surface area contributed by atoms with Crippen LogP contribution < -0.4 is 11.1 Å². The van der Waals surface area contributed by atoms with Crippen LogP contribution in [0.5, 0.6) is 0 Å². The van der Waals surface area contributed by atoms with Gasteiger partial charge in [0.15, 0.2) is 6.23 Å². The Bertz CT molecular complexity index is 429. The Labute approximate surface area is 116 Å². The third-order valence-corrected chi connectivity index (χ3v) is 3.38. The molecule has 0 aromatic rings. The Kier molecular flexibility index (Phi) is 4.11. The number of carbonyl (C=O) groups excluding carboxylic acids is 1. The zero-order valence-corrected chi connectivity index (χ0v) is 10.8. The fraction of sp³-hybridized carbons (Fsp3) is 0.583. The van der Waals surface area contributed by atoms with Crippen molar-refractivity contribution >= 4 is 6.03 Å². The molecule has 2 aliphatic rings. The SMILES string of the molecule is C=CCC1(N)C=CN([C@@H]2O[C@H](CO)[C@@H](O)[C@H]2O)C(=O)N1. The van der Waals surface area contributed by atoms with Crippen LogP contribution in [0.3, 0.4) is 0 Å². The van der Waals surface area contributed by atoms with Crippen LogP contribution in [0.2, 0.25) is 0 Å². The Balaban J connectivity index is 2.15. The van der Waals surface area contributed by atoms with E-state index in [0.29, 0.717) is 6.42 Å². The number of hydrogen-bond acceptors (Lipinski definition) is 6. The van der Waals surface area contributed by atoms with Gasteiger partial charge in [0.25, 0.3) is 0 Å². The lowest BCUT2D eigenvalue weighted by Crippen LogP contribution is -2.62. The highest BCUT2D eigenvalue weighted by Gasteiger charge is 2.47. The summed E-state index contributed by atoms with van der Waals surface area (Å²) in [4.78, 5) is 13.1. The summed E-state index contributed by atoms with van der Waals surface area (Å²) in [6.07, 6.45) is 0.274. The van der Waals surface area contributed by atoms with Crippen LogP contribution in [0.1, 0.15) is 6.42 Å². The molecule has 0 aliphatic carbocycles. The summed E-state index contributed by atoms with van der Waals surface area (Å²) in [5.74, 6) is 0. The molecule has 112 valence electrons. The summed E-state index contributed by atoms with van der Waals surface area (Å²) >= 11 is 0. The van der Waals surface area contributed by atoms with Gasteiger partial charge in [0.05, 0.1) is 6.61 Å². The number of aliphatic hydroxyl groups is 3. The number of carbonyl (C=O) groups is 1. The third kappa shape index (κ3) is 2.56. The predicted molar refractivity (Wildman–Crippen MR) is 69.0 cm³/mol. The minimum Gasteiger partial charge on any atom is -0.394 e. The number of aliphatic hydroxyl groups excluding tert-OH is 3. The van der Waals surface area contributed by atoms with E-state index in [2.05, 4.69) is 11.9 Å². The van der Waals surface area contributed by atoms with Crippen LogP contribution in [-0.2, 0) is 4.74 Å². The van der Waals surface area contributed by atoms with Crippen molar-refractivity contribution in [2.75, 3.05) is 6.61 Å². The van der Waals surface area contributed by atoms with E-state index in [-0.39, 0.29) is 0 Å². The van der Waals surface area contributed by atoms with E-state index >= 15 is 0 Å². The van der Waals surface area contributed by atoms with Crippen LogP contribution >= 0.6 is 0 Å². The summed E-state index contributed by atoms with van der Waals surface area (Å²) in [6.45, 7) is 3.11. The molecule has 2 rings (SSSR count). The maximum atomic E-state index is 12.0. The van der Waals surface area contributed by atoms with Gasteiger partial charge in [-0.05, 0) is 6.08 Å². The first-order chi connectivity index (χ1) is 9.41. The Morgan fingerprint density at radius 2 is 2.25 bits per heavy atom. The highest BCUT2D eigenvalue weighted by Crippen LogP contribution is 2.26. The lowest BCUT2D eigenvalue weighted by atomic mass is 10.1. The molecule has 0 spiro atoms. The number of nitrogens with zero attached hydrogens (tertiary/aromatic N) is 1. The molecule has 2 amide bonds. The predicted octanol–water partition coefficient (Wildman–Crippen LogP) is -1.80. The summed E-state index contributed by atoms with van der Waals surface area (Å²) in [7, 11) is 0. The van der Waals surface area contributed by atoms with Crippen LogP contribution in [0.15, 0.2) is 24.9 Å². The van der Waals surface area contributed by atoms with Gasteiger partial charge in [-0.2, -0.15) is 0 Å². The first kappa shape index (κ1) is 14.9. The van der Waals surface area contributed by atoms with E-state index in [1.54, 1.807) is 12.2 Å². The van der Waals surface area contributed by atoms with Crippen molar-refractivity contribution in [3.63, 3.8) is 0 Å². The van der Waals surface area contributed by atoms with Crippen molar-refractivity contribution in [1.29, 1.82) is 0 Å². The number of hydrogen-bond donors (Lipinski definition) is 5. The number of nitrogens with two attached hydrogens (primary N) is 1. The standard InChI is InChI=1S/C12H19N3O5/c1-2-3-12(13)4-5-15(11(19)14-12)10-9(18)8(17)7(6-16)20-10/h2,4-5,7-10,16-18H,1,3,6,13H2,(H,14,19)/t7-,8-,9-,10-,12?/m1/s1. The van der Waals surface area contributed by atoms with Gasteiger partial charge in [-0.15, -0.1) is 6.58 Å². The van der Waals surface area contributed by atoms with Crippen LogP contribution in [0.4, 0.5) is 4.79 Å². The third-order valence-electron chi connectivity index (χ3n) is 3.38. The van der Waals surface area contributed by atoms with Crippen molar-refractivity contribution in [2.45, 2.75) is 36.6 Å². The van der Waals surface area contributed by atoms with E-state index in [1.165, 1.54) is 6.20 Å². The van der Waals surface area contributed by atoms with Gasteiger partial charge in [0.2, 0.25) is 0 Å². The first-order valence-electron chi connectivity index (χ1n) is 6.24. The molecule has 0 saturated carbocycles. The lowest BCUT2D eigenvalue weighted by Gasteiger charge is -2.37.